The molecule has 30 heavy (non-hydrogen) atoms. The maximum absolute atomic E-state index is 13.5. The molecule has 4 rings (SSSR count). The van der Waals surface area contributed by atoms with E-state index >= 15 is 0 Å². The minimum absolute atomic E-state index is 0.167. The van der Waals surface area contributed by atoms with E-state index in [4.69, 9.17) is 9.47 Å². The highest BCUT2D eigenvalue weighted by atomic mass is 79.9. The van der Waals surface area contributed by atoms with E-state index in [1.165, 1.54) is 12.1 Å². The summed E-state index contributed by atoms with van der Waals surface area (Å²) in [5.74, 6) is 0.275. The molecule has 1 aliphatic rings. The minimum atomic E-state index is -0.463. The van der Waals surface area contributed by atoms with Crippen molar-refractivity contribution < 1.29 is 18.7 Å². The quantitative estimate of drug-likeness (QED) is 0.441. The maximum atomic E-state index is 13.5. The van der Waals surface area contributed by atoms with Gasteiger partial charge in [0, 0.05) is 4.47 Å². The Morgan fingerprint density at radius 1 is 1.13 bits per heavy atom. The Bertz CT molecular complexity index is 1020. The van der Waals surface area contributed by atoms with Crippen molar-refractivity contribution in [1.29, 1.82) is 0 Å². The molecule has 0 radical (unpaired) electrons. The lowest BCUT2D eigenvalue weighted by Crippen LogP contribution is -2.39. The van der Waals surface area contributed by atoms with E-state index in [0.717, 1.165) is 27.6 Å². The SMILES string of the molecule is COc1cc(Br)cc2c1N(C(=O)OCc1ccccc1)C(c1ccc(F)cc1)CC2. The number of aryl methyl sites for hydroxylation is 1. The van der Waals surface area contributed by atoms with Crippen LogP contribution < -0.4 is 9.64 Å². The number of ether oxygens (including phenoxy) is 2. The highest BCUT2D eigenvalue weighted by Gasteiger charge is 2.36. The molecule has 1 aliphatic heterocycles. The number of carbonyl (C=O) groups is 1. The predicted octanol–water partition coefficient (Wildman–Crippen LogP) is 6.43. The molecule has 4 nitrogen and oxygen atoms in total. The fourth-order valence-corrected chi connectivity index (χ4v) is 4.32. The van der Waals surface area contributed by atoms with Crippen molar-refractivity contribution in [3.05, 3.63) is 93.7 Å². The Morgan fingerprint density at radius 2 is 1.87 bits per heavy atom. The highest BCUT2D eigenvalue weighted by Crippen LogP contribution is 2.45. The van der Waals surface area contributed by atoms with E-state index < -0.39 is 6.09 Å². The van der Waals surface area contributed by atoms with E-state index in [2.05, 4.69) is 15.9 Å². The summed E-state index contributed by atoms with van der Waals surface area (Å²) in [6.45, 7) is 0.167. The molecule has 0 saturated carbocycles. The van der Waals surface area contributed by atoms with Gasteiger partial charge in [0.2, 0.25) is 0 Å². The molecule has 1 unspecified atom stereocenters. The van der Waals surface area contributed by atoms with Gasteiger partial charge in [0.15, 0.2) is 0 Å². The number of rotatable bonds is 4. The van der Waals surface area contributed by atoms with Gasteiger partial charge in [-0.25, -0.2) is 9.18 Å². The Balaban J connectivity index is 1.72. The van der Waals surface area contributed by atoms with Gasteiger partial charge in [-0.05, 0) is 53.8 Å². The van der Waals surface area contributed by atoms with Crippen LogP contribution >= 0.6 is 15.9 Å². The average Bonchev–Trinajstić information content (AvgIpc) is 2.77. The summed E-state index contributed by atoms with van der Waals surface area (Å²) in [6.07, 6.45) is 0.990. The van der Waals surface area contributed by atoms with Crippen LogP contribution in [0.3, 0.4) is 0 Å². The molecule has 3 aromatic rings. The van der Waals surface area contributed by atoms with Crippen LogP contribution in [0.15, 0.2) is 71.2 Å². The second-order valence-electron chi connectivity index (χ2n) is 7.13. The van der Waals surface area contributed by atoms with Crippen LogP contribution in [0.2, 0.25) is 0 Å². The third-order valence-electron chi connectivity index (χ3n) is 5.23. The van der Waals surface area contributed by atoms with Crippen LogP contribution in [0.25, 0.3) is 0 Å². The van der Waals surface area contributed by atoms with Crippen molar-refractivity contribution in [3.63, 3.8) is 0 Å². The summed E-state index contributed by atoms with van der Waals surface area (Å²) >= 11 is 3.51. The van der Waals surface area contributed by atoms with E-state index in [9.17, 15) is 9.18 Å². The molecule has 3 aromatic carbocycles. The van der Waals surface area contributed by atoms with E-state index in [1.54, 1.807) is 24.1 Å². The second kappa shape index (κ2) is 8.88. The summed E-state index contributed by atoms with van der Waals surface area (Å²) in [5, 5.41) is 0. The molecule has 0 aromatic heterocycles. The molecule has 0 bridgehead atoms. The summed E-state index contributed by atoms with van der Waals surface area (Å²) < 4.78 is 25.7. The zero-order chi connectivity index (χ0) is 21.1. The summed E-state index contributed by atoms with van der Waals surface area (Å²) in [5.41, 5.74) is 3.45. The summed E-state index contributed by atoms with van der Waals surface area (Å²) in [4.78, 5) is 14.9. The van der Waals surface area contributed by atoms with Gasteiger partial charge in [0.25, 0.3) is 0 Å². The fraction of sp³-hybridized carbons (Fsp3) is 0.208. The molecule has 1 amide bonds. The van der Waals surface area contributed by atoms with Crippen LogP contribution in [0, 0.1) is 5.82 Å². The van der Waals surface area contributed by atoms with Crippen LogP contribution in [0.4, 0.5) is 14.9 Å². The van der Waals surface area contributed by atoms with Crippen molar-refractivity contribution in [2.24, 2.45) is 0 Å². The first-order chi connectivity index (χ1) is 14.6. The highest BCUT2D eigenvalue weighted by molar-refractivity contribution is 9.10. The summed E-state index contributed by atoms with van der Waals surface area (Å²) in [7, 11) is 1.58. The van der Waals surface area contributed by atoms with Crippen molar-refractivity contribution in [2.75, 3.05) is 12.0 Å². The Morgan fingerprint density at radius 3 is 2.57 bits per heavy atom. The van der Waals surface area contributed by atoms with Crippen LogP contribution in [-0.4, -0.2) is 13.2 Å². The largest absolute Gasteiger partial charge is 0.495 e. The topological polar surface area (TPSA) is 38.8 Å². The first-order valence-corrected chi connectivity index (χ1v) is 10.5. The number of methoxy groups -OCH3 is 1. The molecule has 1 heterocycles. The molecule has 0 saturated heterocycles. The van der Waals surface area contributed by atoms with E-state index in [0.29, 0.717) is 17.9 Å². The molecular weight excluding hydrogens is 449 g/mol. The van der Waals surface area contributed by atoms with Crippen molar-refractivity contribution in [3.8, 4) is 5.75 Å². The molecular formula is C24H21BrFNO3. The van der Waals surface area contributed by atoms with Crippen LogP contribution in [-0.2, 0) is 17.8 Å². The Labute approximate surface area is 183 Å². The minimum Gasteiger partial charge on any atom is -0.495 e. The number of anilines is 1. The molecule has 0 N–H and O–H groups in total. The Hall–Kier alpha value is -2.86. The number of amides is 1. The molecule has 0 aliphatic carbocycles. The number of hydrogen-bond donors (Lipinski definition) is 0. The van der Waals surface area contributed by atoms with Crippen molar-refractivity contribution in [1.82, 2.24) is 0 Å². The third-order valence-corrected chi connectivity index (χ3v) is 5.69. The molecule has 0 fully saturated rings. The monoisotopic (exact) mass is 469 g/mol. The number of halogens is 2. The number of benzene rings is 3. The zero-order valence-electron chi connectivity index (χ0n) is 16.5. The Kier molecular flexibility index (Phi) is 6.04. The maximum Gasteiger partial charge on any atom is 0.415 e. The first kappa shape index (κ1) is 20.4. The van der Waals surface area contributed by atoms with Crippen molar-refractivity contribution in [2.45, 2.75) is 25.5 Å². The smallest absolute Gasteiger partial charge is 0.415 e. The van der Waals surface area contributed by atoms with Gasteiger partial charge in [0.1, 0.15) is 18.2 Å². The van der Waals surface area contributed by atoms with E-state index in [-0.39, 0.29) is 18.5 Å². The summed E-state index contributed by atoms with van der Waals surface area (Å²) in [6, 6.07) is 19.4. The average molecular weight is 470 g/mol. The van der Waals surface area contributed by atoms with Crippen molar-refractivity contribution >= 4 is 27.7 Å². The lowest BCUT2D eigenvalue weighted by atomic mass is 9.91. The molecule has 0 spiro atoms. The number of hydrogen-bond acceptors (Lipinski definition) is 3. The van der Waals surface area contributed by atoms with E-state index in [1.807, 2.05) is 42.5 Å². The first-order valence-electron chi connectivity index (χ1n) is 9.68. The standard InChI is InChI=1S/C24H21BrFNO3/c1-29-22-14-19(25)13-18-9-12-21(17-7-10-20(26)11-8-17)27(23(18)22)24(28)30-15-16-5-3-2-4-6-16/h2-8,10-11,13-14,21H,9,12,15H2,1H3. The van der Waals surface area contributed by atoms with Gasteiger partial charge in [-0.2, -0.15) is 0 Å². The fourth-order valence-electron chi connectivity index (χ4n) is 3.83. The third kappa shape index (κ3) is 4.19. The van der Waals surface area contributed by atoms with Gasteiger partial charge in [-0.15, -0.1) is 0 Å². The van der Waals surface area contributed by atoms with Gasteiger partial charge >= 0.3 is 6.09 Å². The predicted molar refractivity (Wildman–Crippen MR) is 117 cm³/mol. The normalized spacial score (nSPS) is 15.4. The molecule has 1 atom stereocenters. The van der Waals surface area contributed by atoms with Gasteiger partial charge in [-0.1, -0.05) is 58.4 Å². The lowest BCUT2D eigenvalue weighted by Gasteiger charge is -2.37. The van der Waals surface area contributed by atoms with Crippen LogP contribution in [0.1, 0.15) is 29.2 Å². The number of fused-ring (bicyclic) bond motifs is 1. The molecule has 6 heteroatoms. The second-order valence-corrected chi connectivity index (χ2v) is 8.05. The number of nitrogens with zero attached hydrogens (tertiary/aromatic N) is 1. The van der Waals surface area contributed by atoms with Gasteiger partial charge in [0.05, 0.1) is 18.8 Å². The zero-order valence-corrected chi connectivity index (χ0v) is 18.1. The van der Waals surface area contributed by atoms with Gasteiger partial charge in [-0.3, -0.25) is 4.90 Å². The molecule has 154 valence electrons. The van der Waals surface area contributed by atoms with Crippen LogP contribution in [0.5, 0.6) is 5.75 Å². The number of carbonyl (C=O) groups excluding carboxylic acids is 1. The van der Waals surface area contributed by atoms with Gasteiger partial charge < -0.3 is 9.47 Å². The lowest BCUT2D eigenvalue weighted by molar-refractivity contribution is 0.143.